The molecule has 0 bridgehead atoms. The minimum absolute atomic E-state index is 0.259. The summed E-state index contributed by atoms with van der Waals surface area (Å²) in [4.78, 5) is 10.8. The number of primary amides is 1. The number of rotatable bonds is 4. The summed E-state index contributed by atoms with van der Waals surface area (Å²) in [6, 6.07) is 6.96. The van der Waals surface area contributed by atoms with Crippen molar-refractivity contribution in [2.75, 3.05) is 19.6 Å². The van der Waals surface area contributed by atoms with E-state index >= 15 is 0 Å². The molecule has 0 atom stereocenters. The van der Waals surface area contributed by atoms with Crippen LogP contribution in [0.4, 0.5) is 0 Å². The number of nitrogens with zero attached hydrogens (tertiary/aromatic N) is 2. The summed E-state index contributed by atoms with van der Waals surface area (Å²) in [7, 11) is -3.60. The maximum absolute atomic E-state index is 12.1. The van der Waals surface area contributed by atoms with Crippen LogP contribution in [-0.2, 0) is 21.5 Å². The molecule has 6 nitrogen and oxygen atoms in total. The van der Waals surface area contributed by atoms with Crippen LogP contribution in [0.5, 0.6) is 0 Å². The molecule has 1 aliphatic rings. The molecule has 8 heteroatoms. The lowest BCUT2D eigenvalue weighted by Crippen LogP contribution is -2.38. The average molecular weight is 304 g/mol. The van der Waals surface area contributed by atoms with Gasteiger partial charge in [0.1, 0.15) is 0 Å². The Kier molecular flexibility index (Phi) is 4.10. The van der Waals surface area contributed by atoms with E-state index in [2.05, 4.69) is 0 Å². The fourth-order valence-electron chi connectivity index (χ4n) is 1.91. The molecule has 19 heavy (non-hydrogen) atoms. The van der Waals surface area contributed by atoms with Gasteiger partial charge in [-0.15, -0.1) is 0 Å². The lowest BCUT2D eigenvalue weighted by molar-refractivity contribution is -0.118. The first-order valence-electron chi connectivity index (χ1n) is 5.67. The van der Waals surface area contributed by atoms with E-state index in [1.807, 2.05) is 0 Å². The van der Waals surface area contributed by atoms with Gasteiger partial charge in [0.15, 0.2) is 0 Å². The molecule has 0 aromatic heterocycles. The first-order chi connectivity index (χ1) is 8.89. The van der Waals surface area contributed by atoms with E-state index in [1.165, 1.54) is 4.31 Å². The molecule has 1 saturated heterocycles. The van der Waals surface area contributed by atoms with Crippen LogP contribution in [0.1, 0.15) is 5.56 Å². The van der Waals surface area contributed by atoms with Crippen LogP contribution in [0.25, 0.3) is 0 Å². The monoisotopic (exact) mass is 303 g/mol. The highest BCUT2D eigenvalue weighted by Crippen LogP contribution is 2.20. The highest BCUT2D eigenvalue weighted by atomic mass is 35.5. The van der Waals surface area contributed by atoms with Crippen molar-refractivity contribution in [3.63, 3.8) is 0 Å². The summed E-state index contributed by atoms with van der Waals surface area (Å²) in [5.41, 5.74) is 5.87. The minimum atomic E-state index is -3.60. The smallest absolute Gasteiger partial charge is 0.282 e. The molecule has 1 aliphatic heterocycles. The van der Waals surface area contributed by atoms with Crippen LogP contribution in [0.15, 0.2) is 24.3 Å². The van der Waals surface area contributed by atoms with Crippen molar-refractivity contribution in [2.45, 2.75) is 6.54 Å². The van der Waals surface area contributed by atoms with Gasteiger partial charge in [-0.25, -0.2) is 0 Å². The third-order valence-corrected chi connectivity index (χ3v) is 5.04. The molecule has 0 radical (unpaired) electrons. The Morgan fingerprint density at radius 3 is 2.37 bits per heavy atom. The third kappa shape index (κ3) is 3.24. The topological polar surface area (TPSA) is 83.7 Å². The summed E-state index contributed by atoms with van der Waals surface area (Å²) in [6.45, 7) is 0.602. The normalized spacial score (nSPS) is 19.6. The Bertz CT molecular complexity index is 573. The van der Waals surface area contributed by atoms with E-state index < -0.39 is 16.1 Å². The number of nitrogens with two attached hydrogens (primary N) is 1. The summed E-state index contributed by atoms with van der Waals surface area (Å²) in [6.07, 6.45) is 0. The summed E-state index contributed by atoms with van der Waals surface area (Å²) >= 11 is 5.77. The largest absolute Gasteiger partial charge is 0.369 e. The number of amides is 1. The van der Waals surface area contributed by atoms with E-state index in [4.69, 9.17) is 17.3 Å². The maximum Gasteiger partial charge on any atom is 0.282 e. The predicted octanol–water partition coefficient (Wildman–Crippen LogP) is 0.188. The van der Waals surface area contributed by atoms with Crippen LogP contribution < -0.4 is 5.73 Å². The molecule has 1 aromatic rings. The number of hydrogen-bond acceptors (Lipinski definition) is 3. The second-order valence-electron chi connectivity index (χ2n) is 4.27. The van der Waals surface area contributed by atoms with Crippen molar-refractivity contribution in [1.29, 1.82) is 0 Å². The standard InChI is InChI=1S/C11H14ClN3O3S/c12-10-3-1-9(2-4-10)7-14-5-6-15(8-11(13)16)19(14,17)18/h1-4H,5-8H2,(H2,13,16). The Balaban J connectivity index is 2.10. The fourth-order valence-corrected chi connectivity index (χ4v) is 3.59. The van der Waals surface area contributed by atoms with Gasteiger partial charge in [-0.2, -0.15) is 17.0 Å². The number of carbonyl (C=O) groups excluding carboxylic acids is 1. The van der Waals surface area contributed by atoms with Crippen LogP contribution in [0.2, 0.25) is 5.02 Å². The maximum atomic E-state index is 12.1. The van der Waals surface area contributed by atoms with Gasteiger partial charge in [0, 0.05) is 24.7 Å². The predicted molar refractivity (Wildman–Crippen MR) is 71.5 cm³/mol. The van der Waals surface area contributed by atoms with Crippen molar-refractivity contribution in [3.05, 3.63) is 34.9 Å². The SMILES string of the molecule is NC(=O)CN1CCN(Cc2ccc(Cl)cc2)S1(=O)=O. The van der Waals surface area contributed by atoms with Gasteiger partial charge in [0.2, 0.25) is 5.91 Å². The molecule has 1 amide bonds. The summed E-state index contributed by atoms with van der Waals surface area (Å²) in [5.74, 6) is -0.656. The van der Waals surface area contributed by atoms with E-state index in [0.29, 0.717) is 11.6 Å². The van der Waals surface area contributed by atoms with Crippen LogP contribution in [-0.4, -0.2) is 42.6 Å². The van der Waals surface area contributed by atoms with Crippen molar-refractivity contribution in [3.8, 4) is 0 Å². The average Bonchev–Trinajstić information content (AvgIpc) is 2.59. The number of benzene rings is 1. The zero-order valence-corrected chi connectivity index (χ0v) is 11.7. The van der Waals surface area contributed by atoms with Crippen molar-refractivity contribution >= 4 is 27.7 Å². The highest BCUT2D eigenvalue weighted by Gasteiger charge is 2.36. The van der Waals surface area contributed by atoms with Gasteiger partial charge < -0.3 is 5.73 Å². The molecule has 0 aliphatic carbocycles. The molecular formula is C11H14ClN3O3S. The molecule has 0 unspecified atom stereocenters. The van der Waals surface area contributed by atoms with E-state index in [-0.39, 0.29) is 19.6 Å². The lowest BCUT2D eigenvalue weighted by Gasteiger charge is -2.17. The Morgan fingerprint density at radius 1 is 1.21 bits per heavy atom. The van der Waals surface area contributed by atoms with Gasteiger partial charge in [-0.3, -0.25) is 4.79 Å². The van der Waals surface area contributed by atoms with E-state index in [9.17, 15) is 13.2 Å². The van der Waals surface area contributed by atoms with Crippen molar-refractivity contribution in [1.82, 2.24) is 8.61 Å². The van der Waals surface area contributed by atoms with E-state index in [0.717, 1.165) is 9.87 Å². The molecule has 2 N–H and O–H groups in total. The van der Waals surface area contributed by atoms with Gasteiger partial charge in [0.05, 0.1) is 6.54 Å². The number of halogens is 1. The van der Waals surface area contributed by atoms with Crippen molar-refractivity contribution < 1.29 is 13.2 Å². The molecular weight excluding hydrogens is 290 g/mol. The minimum Gasteiger partial charge on any atom is -0.369 e. The zero-order chi connectivity index (χ0) is 14.0. The van der Waals surface area contributed by atoms with Crippen LogP contribution >= 0.6 is 11.6 Å². The number of hydrogen-bond donors (Lipinski definition) is 1. The fraction of sp³-hybridized carbons (Fsp3) is 0.364. The number of carbonyl (C=O) groups is 1. The van der Waals surface area contributed by atoms with Crippen molar-refractivity contribution in [2.24, 2.45) is 5.73 Å². The Labute approximate surface area is 116 Å². The molecule has 2 rings (SSSR count). The molecule has 1 fully saturated rings. The first-order valence-corrected chi connectivity index (χ1v) is 7.45. The summed E-state index contributed by atoms with van der Waals surface area (Å²) in [5, 5.41) is 0.600. The molecule has 0 spiro atoms. The van der Waals surface area contributed by atoms with Gasteiger partial charge in [-0.05, 0) is 17.7 Å². The van der Waals surface area contributed by atoms with Crippen LogP contribution in [0, 0.1) is 0 Å². The van der Waals surface area contributed by atoms with Gasteiger partial charge in [-0.1, -0.05) is 23.7 Å². The third-order valence-electron chi connectivity index (χ3n) is 2.86. The Morgan fingerprint density at radius 2 is 1.79 bits per heavy atom. The van der Waals surface area contributed by atoms with Crippen LogP contribution in [0.3, 0.4) is 0 Å². The Hall–Kier alpha value is -1.15. The second-order valence-corrected chi connectivity index (χ2v) is 6.63. The van der Waals surface area contributed by atoms with E-state index in [1.54, 1.807) is 24.3 Å². The highest BCUT2D eigenvalue weighted by molar-refractivity contribution is 7.87. The molecule has 1 heterocycles. The molecule has 104 valence electrons. The first kappa shape index (κ1) is 14.3. The second kappa shape index (κ2) is 5.46. The zero-order valence-electron chi connectivity index (χ0n) is 10.1. The molecule has 1 aromatic carbocycles. The summed E-state index contributed by atoms with van der Waals surface area (Å²) < 4.78 is 26.6. The van der Waals surface area contributed by atoms with Gasteiger partial charge in [0.25, 0.3) is 10.2 Å². The lowest BCUT2D eigenvalue weighted by atomic mass is 10.2. The quantitative estimate of drug-likeness (QED) is 0.861. The van der Waals surface area contributed by atoms with Gasteiger partial charge >= 0.3 is 0 Å². The molecule has 0 saturated carbocycles.